The average molecular weight is 374 g/mol. The van der Waals surface area contributed by atoms with Crippen LogP contribution in [0.5, 0.6) is 0 Å². The van der Waals surface area contributed by atoms with Crippen molar-refractivity contribution in [3.63, 3.8) is 0 Å². The number of benzene rings is 1. The van der Waals surface area contributed by atoms with E-state index in [0.29, 0.717) is 6.07 Å². The fraction of sp³-hybridized carbons (Fsp3) is 0.462. The first-order valence-corrected chi connectivity index (χ1v) is 8.33. The Labute approximate surface area is 136 Å². The van der Waals surface area contributed by atoms with Gasteiger partial charge in [0.2, 0.25) is 10.0 Å². The molecule has 1 atom stereocenters. The van der Waals surface area contributed by atoms with Crippen LogP contribution in [0.1, 0.15) is 25.8 Å². The van der Waals surface area contributed by atoms with Gasteiger partial charge in [-0.3, -0.25) is 4.79 Å². The van der Waals surface area contributed by atoms with Crippen LogP contribution in [-0.4, -0.2) is 25.5 Å². The highest BCUT2D eigenvalue weighted by atomic mass is 35.5. The highest BCUT2D eigenvalue weighted by Crippen LogP contribution is 2.37. The molecule has 0 amide bonds. The lowest BCUT2D eigenvalue weighted by molar-refractivity contribution is -0.140. The molecule has 5 nitrogen and oxygen atoms in total. The summed E-state index contributed by atoms with van der Waals surface area (Å²) in [6.07, 6.45) is -5.04. The topological polar surface area (TPSA) is 83.5 Å². The number of halogens is 4. The molecule has 0 saturated heterocycles. The molecule has 1 aromatic carbocycles. The zero-order valence-corrected chi connectivity index (χ0v) is 13.8. The quantitative estimate of drug-likeness (QED) is 0.802. The molecule has 0 aromatic heterocycles. The number of nitrogens with one attached hydrogen (secondary N) is 1. The Morgan fingerprint density at radius 1 is 1.35 bits per heavy atom. The monoisotopic (exact) mass is 373 g/mol. The summed E-state index contributed by atoms with van der Waals surface area (Å²) in [5, 5.41) is 8.41. The molecule has 2 N–H and O–H groups in total. The number of rotatable bonds is 6. The van der Waals surface area contributed by atoms with E-state index in [1.165, 1.54) is 0 Å². The minimum atomic E-state index is -4.95. The van der Waals surface area contributed by atoms with E-state index in [9.17, 15) is 26.4 Å². The van der Waals surface area contributed by atoms with Crippen molar-refractivity contribution in [1.82, 2.24) is 4.72 Å². The minimum Gasteiger partial charge on any atom is -0.480 e. The third kappa shape index (κ3) is 5.08. The predicted molar refractivity (Wildman–Crippen MR) is 77.7 cm³/mol. The number of hydrogen-bond acceptors (Lipinski definition) is 3. The number of carbonyl (C=O) groups is 1. The second-order valence-corrected chi connectivity index (χ2v) is 7.31. The molecule has 0 spiro atoms. The summed E-state index contributed by atoms with van der Waals surface area (Å²) in [6, 6.07) is 0.965. The summed E-state index contributed by atoms with van der Waals surface area (Å²) in [7, 11) is -4.78. The first-order valence-electron chi connectivity index (χ1n) is 6.47. The van der Waals surface area contributed by atoms with E-state index in [1.807, 2.05) is 0 Å². The van der Waals surface area contributed by atoms with Crippen molar-refractivity contribution in [2.45, 2.75) is 37.4 Å². The first kappa shape index (κ1) is 19.7. The second-order valence-electron chi connectivity index (χ2n) is 5.26. The van der Waals surface area contributed by atoms with E-state index in [1.54, 1.807) is 18.6 Å². The molecule has 0 unspecified atom stereocenters. The maximum absolute atomic E-state index is 13.0. The number of sulfonamides is 1. The second kappa shape index (κ2) is 7.06. The van der Waals surface area contributed by atoms with Crippen molar-refractivity contribution in [3.05, 3.63) is 28.8 Å². The maximum atomic E-state index is 13.0. The van der Waals surface area contributed by atoms with Gasteiger partial charge in [-0.05, 0) is 24.5 Å². The van der Waals surface area contributed by atoms with E-state index in [-0.39, 0.29) is 12.3 Å². The van der Waals surface area contributed by atoms with Gasteiger partial charge in [0.25, 0.3) is 0 Å². The van der Waals surface area contributed by atoms with E-state index in [4.69, 9.17) is 16.7 Å². The Kier molecular flexibility index (Phi) is 6.06. The number of alkyl halides is 3. The smallest absolute Gasteiger partial charge is 0.417 e. The number of carboxylic acid groups (broad SMARTS) is 1. The van der Waals surface area contributed by atoms with Crippen LogP contribution in [0.15, 0.2) is 23.1 Å². The third-order valence-corrected chi connectivity index (χ3v) is 4.84. The van der Waals surface area contributed by atoms with Crippen molar-refractivity contribution in [3.8, 4) is 0 Å². The van der Waals surface area contributed by atoms with E-state index >= 15 is 0 Å². The van der Waals surface area contributed by atoms with Crippen LogP contribution in [0, 0.1) is 5.92 Å². The summed E-state index contributed by atoms with van der Waals surface area (Å²) >= 11 is 5.62. The van der Waals surface area contributed by atoms with Crippen molar-refractivity contribution in [2.24, 2.45) is 5.92 Å². The number of hydrogen-bond donors (Lipinski definition) is 2. The lowest BCUT2D eigenvalue weighted by Crippen LogP contribution is -2.42. The lowest BCUT2D eigenvalue weighted by Gasteiger charge is -2.19. The Balaban J connectivity index is 3.36. The molecule has 0 saturated carbocycles. The lowest BCUT2D eigenvalue weighted by atomic mass is 10.1. The Morgan fingerprint density at radius 3 is 2.35 bits per heavy atom. The van der Waals surface area contributed by atoms with Crippen molar-refractivity contribution in [2.75, 3.05) is 0 Å². The highest BCUT2D eigenvalue weighted by molar-refractivity contribution is 7.89. The van der Waals surface area contributed by atoms with Crippen LogP contribution in [0.3, 0.4) is 0 Å². The number of aliphatic carboxylic acids is 1. The van der Waals surface area contributed by atoms with Crippen LogP contribution in [-0.2, 0) is 21.0 Å². The molecule has 0 heterocycles. The normalized spacial score (nSPS) is 14.0. The number of carboxylic acids is 1. The van der Waals surface area contributed by atoms with E-state index in [2.05, 4.69) is 0 Å². The molecule has 10 heteroatoms. The summed E-state index contributed by atoms with van der Waals surface area (Å²) in [4.78, 5) is 9.95. The van der Waals surface area contributed by atoms with Gasteiger partial charge in [0.15, 0.2) is 0 Å². The average Bonchev–Trinajstić information content (AvgIpc) is 2.35. The van der Waals surface area contributed by atoms with E-state index < -0.39 is 43.7 Å². The molecule has 1 aromatic rings. The van der Waals surface area contributed by atoms with Gasteiger partial charge in [-0.25, -0.2) is 8.42 Å². The van der Waals surface area contributed by atoms with E-state index in [0.717, 1.165) is 12.1 Å². The van der Waals surface area contributed by atoms with Crippen LogP contribution < -0.4 is 4.72 Å². The fourth-order valence-electron chi connectivity index (χ4n) is 1.92. The zero-order valence-electron chi connectivity index (χ0n) is 12.2. The Morgan fingerprint density at radius 2 is 1.91 bits per heavy atom. The summed E-state index contributed by atoms with van der Waals surface area (Å²) in [5.41, 5.74) is -1.45. The van der Waals surface area contributed by atoms with Crippen molar-refractivity contribution in [1.29, 1.82) is 0 Å². The molecule has 1 rings (SSSR count). The molecule has 0 bridgehead atoms. The van der Waals surface area contributed by atoms with Gasteiger partial charge in [0, 0.05) is 0 Å². The highest BCUT2D eigenvalue weighted by Gasteiger charge is 2.39. The zero-order chi connectivity index (χ0) is 18.0. The molecule has 0 radical (unpaired) electrons. The maximum Gasteiger partial charge on any atom is 0.417 e. The van der Waals surface area contributed by atoms with Gasteiger partial charge in [0.1, 0.15) is 10.9 Å². The predicted octanol–water partition coefficient (Wildman–Crippen LogP) is 3.14. The van der Waals surface area contributed by atoms with Crippen molar-refractivity contribution >= 4 is 27.6 Å². The Bertz CT molecular complexity index is 689. The van der Waals surface area contributed by atoms with Gasteiger partial charge >= 0.3 is 12.1 Å². The largest absolute Gasteiger partial charge is 0.480 e. The van der Waals surface area contributed by atoms with Gasteiger partial charge in [-0.1, -0.05) is 31.5 Å². The molecule has 130 valence electrons. The Hall–Kier alpha value is -1.32. The molecule has 0 aliphatic rings. The third-order valence-electron chi connectivity index (χ3n) is 2.84. The molecule has 23 heavy (non-hydrogen) atoms. The van der Waals surface area contributed by atoms with Crippen LogP contribution >= 0.6 is 11.6 Å². The van der Waals surface area contributed by atoms with Gasteiger partial charge < -0.3 is 5.11 Å². The molecular formula is C13H15ClF3NO4S. The SMILES string of the molecule is CC(C)C[C@@H](NS(=O)(=O)c1c(Cl)cccc1C(F)(F)F)C(=O)O. The standard InChI is InChI=1S/C13H15ClF3NO4S/c1-7(2)6-10(12(19)20)18-23(21,22)11-8(13(15,16)17)4-3-5-9(11)14/h3-5,7,10,18H,6H2,1-2H3,(H,19,20)/t10-/m1/s1. The fourth-order valence-corrected chi connectivity index (χ4v) is 3.89. The first-order chi connectivity index (χ1) is 10.4. The van der Waals surface area contributed by atoms with Crippen LogP contribution in [0.2, 0.25) is 5.02 Å². The minimum absolute atomic E-state index is 0.0830. The molecule has 0 fully saturated rings. The van der Waals surface area contributed by atoms with Crippen LogP contribution in [0.4, 0.5) is 13.2 Å². The summed E-state index contributed by atoms with van der Waals surface area (Å²) in [5.74, 6) is -1.67. The molecule has 0 aliphatic carbocycles. The van der Waals surface area contributed by atoms with Gasteiger partial charge in [-0.15, -0.1) is 0 Å². The molecular weight excluding hydrogens is 359 g/mol. The summed E-state index contributed by atoms with van der Waals surface area (Å²) in [6.45, 7) is 3.31. The van der Waals surface area contributed by atoms with Gasteiger partial charge in [0.05, 0.1) is 10.6 Å². The van der Waals surface area contributed by atoms with Crippen LogP contribution in [0.25, 0.3) is 0 Å². The summed E-state index contributed by atoms with van der Waals surface area (Å²) < 4.78 is 65.3. The molecule has 0 aliphatic heterocycles. The van der Waals surface area contributed by atoms with Gasteiger partial charge in [-0.2, -0.15) is 17.9 Å². The van der Waals surface area contributed by atoms with Crippen molar-refractivity contribution < 1.29 is 31.5 Å².